The third-order valence-electron chi connectivity index (χ3n) is 2.09. The van der Waals surface area contributed by atoms with Crippen molar-refractivity contribution in [1.29, 1.82) is 0 Å². The number of rotatable bonds is 4. The summed E-state index contributed by atoms with van der Waals surface area (Å²) in [5.74, 6) is 0.881. The smallest absolute Gasteiger partial charge is 0.398 e. The SMILES string of the molecule is CCCCSc1ccc(C(F)(F)F)cc1N. The molecule has 0 bridgehead atoms. The van der Waals surface area contributed by atoms with Crippen LogP contribution < -0.4 is 5.73 Å². The fraction of sp³-hybridized carbons (Fsp3) is 0.455. The molecule has 16 heavy (non-hydrogen) atoms. The second-order valence-electron chi connectivity index (χ2n) is 3.45. The Bertz CT molecular complexity index is 350. The molecule has 2 N–H and O–H groups in total. The lowest BCUT2D eigenvalue weighted by Crippen LogP contribution is -2.05. The van der Waals surface area contributed by atoms with Gasteiger partial charge in [0.05, 0.1) is 5.56 Å². The summed E-state index contributed by atoms with van der Waals surface area (Å²) in [5.41, 5.74) is 5.09. The van der Waals surface area contributed by atoms with Crippen LogP contribution >= 0.6 is 11.8 Å². The van der Waals surface area contributed by atoms with Crippen LogP contribution in [-0.2, 0) is 6.18 Å². The molecule has 0 aromatic heterocycles. The molecule has 0 aliphatic carbocycles. The highest BCUT2D eigenvalue weighted by atomic mass is 32.2. The first-order chi connectivity index (χ1) is 7.45. The second kappa shape index (κ2) is 5.48. The summed E-state index contributed by atoms with van der Waals surface area (Å²) in [6.45, 7) is 2.07. The van der Waals surface area contributed by atoms with Crippen LogP contribution in [0.25, 0.3) is 0 Å². The standard InChI is InChI=1S/C11H14F3NS/c1-2-3-6-16-10-5-4-8(7-9(10)15)11(12,13)14/h4-5,7H,2-3,6,15H2,1H3. The van der Waals surface area contributed by atoms with E-state index in [0.717, 1.165) is 35.6 Å². The fourth-order valence-electron chi connectivity index (χ4n) is 1.18. The van der Waals surface area contributed by atoms with E-state index in [1.54, 1.807) is 0 Å². The number of alkyl halides is 3. The number of hydrogen-bond donors (Lipinski definition) is 1. The van der Waals surface area contributed by atoms with Crippen LogP contribution in [0.15, 0.2) is 23.1 Å². The molecule has 0 atom stereocenters. The highest BCUT2D eigenvalue weighted by molar-refractivity contribution is 7.99. The minimum absolute atomic E-state index is 0.205. The van der Waals surface area contributed by atoms with Gasteiger partial charge in [-0.1, -0.05) is 13.3 Å². The number of benzene rings is 1. The maximum absolute atomic E-state index is 12.3. The van der Waals surface area contributed by atoms with Crippen LogP contribution in [0.2, 0.25) is 0 Å². The number of nitrogen functional groups attached to an aromatic ring is 1. The maximum Gasteiger partial charge on any atom is 0.416 e. The zero-order valence-electron chi connectivity index (χ0n) is 8.97. The number of hydrogen-bond acceptors (Lipinski definition) is 2. The van der Waals surface area contributed by atoms with E-state index >= 15 is 0 Å². The van der Waals surface area contributed by atoms with Gasteiger partial charge < -0.3 is 5.73 Å². The molecule has 1 aromatic carbocycles. The van der Waals surface area contributed by atoms with Crippen molar-refractivity contribution in [3.63, 3.8) is 0 Å². The Morgan fingerprint density at radius 1 is 1.31 bits per heavy atom. The summed E-state index contributed by atoms with van der Waals surface area (Å²) < 4.78 is 37.0. The van der Waals surface area contributed by atoms with Gasteiger partial charge in [0, 0.05) is 10.6 Å². The first kappa shape index (κ1) is 13.2. The summed E-state index contributed by atoms with van der Waals surface area (Å²) >= 11 is 1.50. The fourth-order valence-corrected chi connectivity index (χ4v) is 2.23. The van der Waals surface area contributed by atoms with E-state index in [2.05, 4.69) is 6.92 Å². The Hall–Kier alpha value is -0.840. The van der Waals surface area contributed by atoms with Gasteiger partial charge in [0.1, 0.15) is 0 Å². The van der Waals surface area contributed by atoms with Crippen LogP contribution in [0.1, 0.15) is 25.3 Å². The average Bonchev–Trinajstić information content (AvgIpc) is 2.19. The first-order valence-electron chi connectivity index (χ1n) is 5.04. The lowest BCUT2D eigenvalue weighted by atomic mass is 10.2. The van der Waals surface area contributed by atoms with E-state index in [9.17, 15) is 13.2 Å². The molecule has 0 aliphatic rings. The molecule has 5 heteroatoms. The summed E-state index contributed by atoms with van der Waals surface area (Å²) in [5, 5.41) is 0. The molecule has 0 spiro atoms. The zero-order valence-corrected chi connectivity index (χ0v) is 9.79. The molecule has 1 rings (SSSR count). The predicted octanol–water partition coefficient (Wildman–Crippen LogP) is 4.18. The van der Waals surface area contributed by atoms with E-state index in [0.29, 0.717) is 0 Å². The minimum atomic E-state index is -4.32. The summed E-state index contributed by atoms with van der Waals surface area (Å²) in [7, 11) is 0. The van der Waals surface area contributed by atoms with Crippen LogP contribution in [0.4, 0.5) is 18.9 Å². The van der Waals surface area contributed by atoms with Crippen molar-refractivity contribution in [2.24, 2.45) is 0 Å². The van der Waals surface area contributed by atoms with Crippen LogP contribution in [-0.4, -0.2) is 5.75 Å². The number of anilines is 1. The van der Waals surface area contributed by atoms with E-state index in [1.165, 1.54) is 17.8 Å². The van der Waals surface area contributed by atoms with Crippen molar-refractivity contribution in [3.8, 4) is 0 Å². The molecule has 1 aromatic rings. The van der Waals surface area contributed by atoms with Gasteiger partial charge in [-0.25, -0.2) is 0 Å². The third-order valence-corrected chi connectivity index (χ3v) is 3.27. The Balaban J connectivity index is 2.76. The molecule has 0 unspecified atom stereocenters. The third kappa shape index (κ3) is 3.63. The van der Waals surface area contributed by atoms with Gasteiger partial charge in [-0.2, -0.15) is 13.2 Å². The Morgan fingerprint density at radius 3 is 2.50 bits per heavy atom. The van der Waals surface area contributed by atoms with Crippen molar-refractivity contribution in [2.75, 3.05) is 11.5 Å². The van der Waals surface area contributed by atoms with Crippen LogP contribution in [0.5, 0.6) is 0 Å². The van der Waals surface area contributed by atoms with E-state index in [1.807, 2.05) is 0 Å². The number of unbranched alkanes of at least 4 members (excludes halogenated alkanes) is 1. The molecular formula is C11H14F3NS. The topological polar surface area (TPSA) is 26.0 Å². The van der Waals surface area contributed by atoms with Crippen molar-refractivity contribution in [1.82, 2.24) is 0 Å². The van der Waals surface area contributed by atoms with Crippen molar-refractivity contribution in [3.05, 3.63) is 23.8 Å². The number of nitrogens with two attached hydrogens (primary N) is 1. The molecule has 90 valence electrons. The summed E-state index contributed by atoms with van der Waals surface area (Å²) in [4.78, 5) is 0.724. The molecule has 0 heterocycles. The summed E-state index contributed by atoms with van der Waals surface area (Å²) in [6, 6.07) is 3.51. The molecule has 0 amide bonds. The lowest BCUT2D eigenvalue weighted by Gasteiger charge is -2.10. The molecule has 0 radical (unpaired) electrons. The molecule has 0 saturated carbocycles. The number of thioether (sulfide) groups is 1. The molecular weight excluding hydrogens is 235 g/mol. The zero-order chi connectivity index (χ0) is 12.2. The van der Waals surface area contributed by atoms with Crippen molar-refractivity contribution >= 4 is 17.4 Å². The average molecular weight is 249 g/mol. The van der Waals surface area contributed by atoms with Gasteiger partial charge in [0.15, 0.2) is 0 Å². The highest BCUT2D eigenvalue weighted by Crippen LogP contribution is 2.34. The second-order valence-corrected chi connectivity index (χ2v) is 4.59. The van der Waals surface area contributed by atoms with Gasteiger partial charge >= 0.3 is 6.18 Å². The highest BCUT2D eigenvalue weighted by Gasteiger charge is 2.30. The van der Waals surface area contributed by atoms with Crippen molar-refractivity contribution in [2.45, 2.75) is 30.8 Å². The largest absolute Gasteiger partial charge is 0.416 e. The number of halogens is 3. The minimum Gasteiger partial charge on any atom is -0.398 e. The molecule has 0 aliphatic heterocycles. The van der Waals surface area contributed by atoms with Crippen molar-refractivity contribution < 1.29 is 13.2 Å². The molecule has 0 fully saturated rings. The van der Waals surface area contributed by atoms with Gasteiger partial charge in [0.2, 0.25) is 0 Å². The normalized spacial score (nSPS) is 11.8. The molecule has 0 saturated heterocycles. The quantitative estimate of drug-likeness (QED) is 0.492. The Kier molecular flexibility index (Phi) is 4.53. The lowest BCUT2D eigenvalue weighted by molar-refractivity contribution is -0.137. The van der Waals surface area contributed by atoms with E-state index in [4.69, 9.17) is 5.73 Å². The van der Waals surface area contributed by atoms with Gasteiger partial charge in [0.25, 0.3) is 0 Å². The van der Waals surface area contributed by atoms with Gasteiger partial charge in [-0.3, -0.25) is 0 Å². The van der Waals surface area contributed by atoms with E-state index < -0.39 is 11.7 Å². The van der Waals surface area contributed by atoms with Gasteiger partial charge in [-0.05, 0) is 30.4 Å². The monoisotopic (exact) mass is 249 g/mol. The van der Waals surface area contributed by atoms with Crippen LogP contribution in [0.3, 0.4) is 0 Å². The maximum atomic E-state index is 12.3. The van der Waals surface area contributed by atoms with E-state index in [-0.39, 0.29) is 5.69 Å². The molecule has 1 nitrogen and oxygen atoms in total. The van der Waals surface area contributed by atoms with Crippen LogP contribution in [0, 0.1) is 0 Å². The predicted molar refractivity (Wildman–Crippen MR) is 61.5 cm³/mol. The Labute approximate surface area is 97.2 Å². The first-order valence-corrected chi connectivity index (χ1v) is 6.03. The Morgan fingerprint density at radius 2 is 2.00 bits per heavy atom. The van der Waals surface area contributed by atoms with Gasteiger partial charge in [-0.15, -0.1) is 11.8 Å². The summed E-state index contributed by atoms with van der Waals surface area (Å²) in [6.07, 6.45) is -2.22.